The van der Waals surface area contributed by atoms with Crippen LogP contribution < -0.4 is 10.2 Å². The van der Waals surface area contributed by atoms with Gasteiger partial charge in [-0.25, -0.2) is 4.39 Å². The molecule has 0 aliphatic carbocycles. The number of hydrogen-bond donors (Lipinski definition) is 1. The molecule has 1 atom stereocenters. The minimum atomic E-state index is -0.115. The molecule has 2 heterocycles. The van der Waals surface area contributed by atoms with Crippen molar-refractivity contribution in [2.75, 3.05) is 37.6 Å². The topological polar surface area (TPSA) is 18.5 Å². The molecule has 0 bridgehead atoms. The van der Waals surface area contributed by atoms with E-state index in [1.54, 1.807) is 12.1 Å². The fourth-order valence-electron chi connectivity index (χ4n) is 3.56. The highest BCUT2D eigenvalue weighted by molar-refractivity contribution is 5.60. The predicted molar refractivity (Wildman–Crippen MR) is 80.8 cm³/mol. The van der Waals surface area contributed by atoms with Gasteiger partial charge in [-0.3, -0.25) is 4.90 Å². The molecule has 0 saturated carbocycles. The first-order chi connectivity index (χ1) is 9.65. The molecule has 3 rings (SSSR count). The molecule has 2 aliphatic heterocycles. The Hall–Kier alpha value is -1.13. The maximum absolute atomic E-state index is 13.4. The number of anilines is 1. The summed E-state index contributed by atoms with van der Waals surface area (Å²) in [5.74, 6) is -0.115. The van der Waals surface area contributed by atoms with E-state index in [0.717, 1.165) is 39.1 Å². The maximum Gasteiger partial charge on any atom is 0.123 e. The van der Waals surface area contributed by atoms with E-state index in [0.29, 0.717) is 12.1 Å². The second kappa shape index (κ2) is 5.70. The van der Waals surface area contributed by atoms with Gasteiger partial charge in [0.15, 0.2) is 0 Å². The number of fused-ring (bicyclic) bond motifs is 1. The highest BCUT2D eigenvalue weighted by Gasteiger charge is 2.32. The van der Waals surface area contributed by atoms with Crippen LogP contribution in [-0.4, -0.2) is 49.7 Å². The summed E-state index contributed by atoms with van der Waals surface area (Å²) in [6.07, 6.45) is 0.967. The van der Waals surface area contributed by atoms with Crippen LogP contribution in [0.3, 0.4) is 0 Å². The third-order valence-corrected chi connectivity index (χ3v) is 4.40. The summed E-state index contributed by atoms with van der Waals surface area (Å²) in [6.45, 7) is 9.93. The lowest BCUT2D eigenvalue weighted by atomic mass is 10.1. The Morgan fingerprint density at radius 2 is 2.05 bits per heavy atom. The zero-order valence-corrected chi connectivity index (χ0v) is 12.4. The predicted octanol–water partition coefficient (Wildman–Crippen LogP) is 1.87. The van der Waals surface area contributed by atoms with Crippen LogP contribution in [0.25, 0.3) is 0 Å². The van der Waals surface area contributed by atoms with E-state index in [2.05, 4.69) is 29.0 Å². The number of rotatable bonds is 3. The molecule has 1 fully saturated rings. The van der Waals surface area contributed by atoms with E-state index < -0.39 is 0 Å². The maximum atomic E-state index is 13.4. The summed E-state index contributed by atoms with van der Waals surface area (Å²) in [5.41, 5.74) is 2.39. The van der Waals surface area contributed by atoms with Crippen LogP contribution in [0.2, 0.25) is 0 Å². The van der Waals surface area contributed by atoms with Crippen LogP contribution >= 0.6 is 0 Å². The average molecular weight is 277 g/mol. The van der Waals surface area contributed by atoms with Gasteiger partial charge in [0, 0.05) is 50.5 Å². The molecule has 1 aromatic rings. The van der Waals surface area contributed by atoms with Crippen molar-refractivity contribution in [1.29, 1.82) is 0 Å². The van der Waals surface area contributed by atoms with Gasteiger partial charge in [-0.15, -0.1) is 0 Å². The average Bonchev–Trinajstić information content (AvgIpc) is 2.76. The molecule has 1 aromatic carbocycles. The SMILES string of the molecule is CC(C)N1c2ccc(F)cc2CC1CN1CCNCC1. The fourth-order valence-corrected chi connectivity index (χ4v) is 3.56. The number of benzene rings is 1. The smallest absolute Gasteiger partial charge is 0.123 e. The number of nitrogens with zero attached hydrogens (tertiary/aromatic N) is 2. The van der Waals surface area contributed by atoms with E-state index in [1.165, 1.54) is 11.3 Å². The van der Waals surface area contributed by atoms with Gasteiger partial charge >= 0.3 is 0 Å². The normalized spacial score (nSPS) is 23.4. The van der Waals surface area contributed by atoms with Gasteiger partial charge in [0.25, 0.3) is 0 Å². The van der Waals surface area contributed by atoms with Gasteiger partial charge < -0.3 is 10.2 Å². The van der Waals surface area contributed by atoms with Crippen molar-refractivity contribution in [2.45, 2.75) is 32.4 Å². The van der Waals surface area contributed by atoms with Crippen molar-refractivity contribution in [3.05, 3.63) is 29.6 Å². The number of halogens is 1. The summed E-state index contributed by atoms with van der Waals surface area (Å²) < 4.78 is 13.4. The summed E-state index contributed by atoms with van der Waals surface area (Å²) in [6, 6.07) is 6.17. The van der Waals surface area contributed by atoms with Gasteiger partial charge in [-0.2, -0.15) is 0 Å². The Morgan fingerprint density at radius 1 is 1.30 bits per heavy atom. The Labute approximate surface area is 120 Å². The standard InChI is InChI=1S/C16H24FN3/c1-12(2)20-15(11-19-7-5-18-6-8-19)10-13-9-14(17)3-4-16(13)20/h3-4,9,12,15,18H,5-8,10-11H2,1-2H3. The van der Waals surface area contributed by atoms with Crippen molar-refractivity contribution in [3.8, 4) is 0 Å². The highest BCUT2D eigenvalue weighted by Crippen LogP contribution is 2.34. The minimum absolute atomic E-state index is 0.115. The van der Waals surface area contributed by atoms with E-state index in [9.17, 15) is 4.39 Å². The van der Waals surface area contributed by atoms with E-state index in [4.69, 9.17) is 0 Å². The number of hydrogen-bond acceptors (Lipinski definition) is 3. The molecular formula is C16H24FN3. The molecule has 0 aromatic heterocycles. The summed E-state index contributed by atoms with van der Waals surface area (Å²) in [7, 11) is 0. The lowest BCUT2D eigenvalue weighted by Crippen LogP contribution is -2.50. The third kappa shape index (κ3) is 2.67. The molecule has 0 amide bonds. The van der Waals surface area contributed by atoms with Crippen LogP contribution in [0, 0.1) is 5.82 Å². The molecule has 2 aliphatic rings. The summed E-state index contributed by atoms with van der Waals surface area (Å²) in [5, 5.41) is 3.39. The Balaban J connectivity index is 1.78. The lowest BCUT2D eigenvalue weighted by molar-refractivity contribution is 0.224. The van der Waals surface area contributed by atoms with Crippen molar-refractivity contribution >= 4 is 5.69 Å². The first-order valence-corrected chi connectivity index (χ1v) is 7.65. The number of piperazine rings is 1. The van der Waals surface area contributed by atoms with Crippen molar-refractivity contribution in [3.63, 3.8) is 0 Å². The second-order valence-corrected chi connectivity index (χ2v) is 6.18. The molecule has 4 heteroatoms. The van der Waals surface area contributed by atoms with E-state index >= 15 is 0 Å². The molecule has 1 saturated heterocycles. The zero-order valence-electron chi connectivity index (χ0n) is 12.4. The molecular weight excluding hydrogens is 253 g/mol. The molecule has 3 nitrogen and oxygen atoms in total. The quantitative estimate of drug-likeness (QED) is 0.910. The molecule has 1 unspecified atom stereocenters. The minimum Gasteiger partial charge on any atom is -0.364 e. The lowest BCUT2D eigenvalue weighted by Gasteiger charge is -2.36. The van der Waals surface area contributed by atoms with E-state index in [1.807, 2.05) is 6.07 Å². The largest absolute Gasteiger partial charge is 0.364 e. The second-order valence-electron chi connectivity index (χ2n) is 6.18. The molecule has 20 heavy (non-hydrogen) atoms. The van der Waals surface area contributed by atoms with Crippen LogP contribution in [0.1, 0.15) is 19.4 Å². The van der Waals surface area contributed by atoms with Gasteiger partial charge in [0.1, 0.15) is 5.82 Å². The van der Waals surface area contributed by atoms with Gasteiger partial charge in [-0.05, 0) is 44.0 Å². The first kappa shape index (κ1) is 13.8. The Bertz CT molecular complexity index is 469. The first-order valence-electron chi connectivity index (χ1n) is 7.65. The monoisotopic (exact) mass is 277 g/mol. The summed E-state index contributed by atoms with van der Waals surface area (Å²) in [4.78, 5) is 5.00. The molecule has 1 N–H and O–H groups in total. The zero-order chi connectivity index (χ0) is 14.1. The van der Waals surface area contributed by atoms with Gasteiger partial charge in [-0.1, -0.05) is 0 Å². The van der Waals surface area contributed by atoms with Gasteiger partial charge in [0.2, 0.25) is 0 Å². The third-order valence-electron chi connectivity index (χ3n) is 4.40. The van der Waals surface area contributed by atoms with Crippen LogP contribution in [-0.2, 0) is 6.42 Å². The van der Waals surface area contributed by atoms with Crippen molar-refractivity contribution in [1.82, 2.24) is 10.2 Å². The molecule has 0 radical (unpaired) electrons. The van der Waals surface area contributed by atoms with Crippen LogP contribution in [0.15, 0.2) is 18.2 Å². The van der Waals surface area contributed by atoms with E-state index in [-0.39, 0.29) is 5.82 Å². The Kier molecular flexibility index (Phi) is 3.94. The summed E-state index contributed by atoms with van der Waals surface area (Å²) >= 11 is 0. The fraction of sp³-hybridized carbons (Fsp3) is 0.625. The molecule has 110 valence electrons. The van der Waals surface area contributed by atoms with Gasteiger partial charge in [0.05, 0.1) is 0 Å². The molecule has 0 spiro atoms. The number of nitrogens with one attached hydrogen (secondary N) is 1. The highest BCUT2D eigenvalue weighted by atomic mass is 19.1. The van der Waals surface area contributed by atoms with Crippen molar-refractivity contribution in [2.24, 2.45) is 0 Å². The Morgan fingerprint density at radius 3 is 2.75 bits per heavy atom. The van der Waals surface area contributed by atoms with Crippen LogP contribution in [0.4, 0.5) is 10.1 Å². The van der Waals surface area contributed by atoms with Crippen LogP contribution in [0.5, 0.6) is 0 Å². The van der Waals surface area contributed by atoms with Crippen molar-refractivity contribution < 1.29 is 4.39 Å².